The Morgan fingerprint density at radius 2 is 1.75 bits per heavy atom. The minimum Gasteiger partial charge on any atom is -0.322 e. The molecule has 0 saturated heterocycles. The zero-order valence-electron chi connectivity index (χ0n) is 11.6. The molecule has 0 aliphatic carbocycles. The van der Waals surface area contributed by atoms with E-state index < -0.39 is 6.04 Å². The first kappa shape index (κ1) is 14.1. The fraction of sp³-hybridized carbons (Fsp3) is 0.267. The van der Waals surface area contributed by atoms with E-state index in [-0.39, 0.29) is 11.8 Å². The summed E-state index contributed by atoms with van der Waals surface area (Å²) in [5.41, 5.74) is 7.26. The van der Waals surface area contributed by atoms with Crippen molar-refractivity contribution in [2.75, 3.05) is 5.32 Å². The van der Waals surface area contributed by atoms with Crippen molar-refractivity contribution in [1.82, 2.24) is 9.97 Å². The van der Waals surface area contributed by atoms with Crippen molar-refractivity contribution in [3.63, 3.8) is 0 Å². The first-order chi connectivity index (χ1) is 9.58. The van der Waals surface area contributed by atoms with E-state index in [1.165, 1.54) is 0 Å². The molecule has 0 saturated carbocycles. The molecule has 1 aromatic carbocycles. The van der Waals surface area contributed by atoms with Gasteiger partial charge in [0.15, 0.2) is 5.82 Å². The van der Waals surface area contributed by atoms with Crippen LogP contribution in [0.4, 0.5) is 5.69 Å². The van der Waals surface area contributed by atoms with Gasteiger partial charge in [0.1, 0.15) is 0 Å². The molecule has 1 atom stereocenters. The van der Waals surface area contributed by atoms with Crippen LogP contribution in [0.5, 0.6) is 0 Å². The molecule has 3 N–H and O–H groups in total. The average molecular weight is 270 g/mol. The van der Waals surface area contributed by atoms with Gasteiger partial charge in [-0.3, -0.25) is 4.79 Å². The number of carbonyl (C=O) groups excluding carboxylic acids is 1. The summed E-state index contributed by atoms with van der Waals surface area (Å²) in [4.78, 5) is 20.3. The van der Waals surface area contributed by atoms with E-state index in [1.54, 1.807) is 12.4 Å². The highest BCUT2D eigenvalue weighted by Crippen LogP contribution is 2.15. The van der Waals surface area contributed by atoms with Crippen LogP contribution in [0.25, 0.3) is 11.4 Å². The Morgan fingerprint density at radius 1 is 1.15 bits per heavy atom. The lowest BCUT2D eigenvalue weighted by Crippen LogP contribution is -2.39. The molecule has 0 aliphatic rings. The van der Waals surface area contributed by atoms with Gasteiger partial charge < -0.3 is 11.1 Å². The number of hydrogen-bond donors (Lipinski definition) is 2. The molecule has 104 valence electrons. The van der Waals surface area contributed by atoms with E-state index in [0.29, 0.717) is 11.5 Å². The van der Waals surface area contributed by atoms with Gasteiger partial charge in [-0.2, -0.15) is 0 Å². The van der Waals surface area contributed by atoms with Crippen LogP contribution in [0.2, 0.25) is 0 Å². The second-order valence-electron chi connectivity index (χ2n) is 4.92. The molecule has 5 heteroatoms. The quantitative estimate of drug-likeness (QED) is 0.891. The van der Waals surface area contributed by atoms with Crippen LogP contribution in [0.1, 0.15) is 13.8 Å². The van der Waals surface area contributed by atoms with Gasteiger partial charge in [0.05, 0.1) is 24.1 Å². The van der Waals surface area contributed by atoms with E-state index in [2.05, 4.69) is 15.3 Å². The minimum absolute atomic E-state index is 0.0829. The van der Waals surface area contributed by atoms with Gasteiger partial charge in [-0.05, 0) is 5.92 Å². The Labute approximate surface area is 118 Å². The molecule has 0 fully saturated rings. The van der Waals surface area contributed by atoms with Crippen molar-refractivity contribution in [3.05, 3.63) is 42.7 Å². The van der Waals surface area contributed by atoms with Crippen molar-refractivity contribution >= 4 is 11.6 Å². The monoisotopic (exact) mass is 270 g/mol. The topological polar surface area (TPSA) is 80.9 Å². The van der Waals surface area contributed by atoms with E-state index in [4.69, 9.17) is 5.73 Å². The van der Waals surface area contributed by atoms with Gasteiger partial charge in [-0.15, -0.1) is 0 Å². The molecule has 0 spiro atoms. The number of nitrogens with two attached hydrogens (primary N) is 1. The van der Waals surface area contributed by atoms with Crippen LogP contribution in [-0.2, 0) is 4.79 Å². The highest BCUT2D eigenvalue weighted by molar-refractivity contribution is 5.94. The maximum Gasteiger partial charge on any atom is 0.241 e. The fourth-order valence-corrected chi connectivity index (χ4v) is 1.66. The molecule has 5 nitrogen and oxygen atoms in total. The molecular formula is C15H18N4O. The summed E-state index contributed by atoms with van der Waals surface area (Å²) in [5, 5.41) is 2.71. The Hall–Kier alpha value is -2.27. The number of nitrogens with one attached hydrogen (secondary N) is 1. The lowest BCUT2D eigenvalue weighted by atomic mass is 10.1. The van der Waals surface area contributed by atoms with Gasteiger partial charge in [0.25, 0.3) is 0 Å². The number of carbonyl (C=O) groups is 1. The normalized spacial score (nSPS) is 12.2. The van der Waals surface area contributed by atoms with E-state index >= 15 is 0 Å². The number of aromatic nitrogens is 2. The third-order valence-electron chi connectivity index (χ3n) is 2.97. The first-order valence-corrected chi connectivity index (χ1v) is 6.52. The number of nitrogens with zero attached hydrogens (tertiary/aromatic N) is 2. The van der Waals surface area contributed by atoms with Gasteiger partial charge in [0.2, 0.25) is 5.91 Å². The van der Waals surface area contributed by atoms with E-state index in [9.17, 15) is 4.79 Å². The third kappa shape index (κ3) is 3.39. The van der Waals surface area contributed by atoms with Crippen LogP contribution < -0.4 is 11.1 Å². The van der Waals surface area contributed by atoms with E-state index in [0.717, 1.165) is 5.56 Å². The van der Waals surface area contributed by atoms with Gasteiger partial charge in [-0.25, -0.2) is 9.97 Å². The first-order valence-electron chi connectivity index (χ1n) is 6.52. The van der Waals surface area contributed by atoms with Crippen molar-refractivity contribution in [2.24, 2.45) is 11.7 Å². The standard InChI is InChI=1S/C15H18N4O/c1-10(2)13(16)15(20)19-12-8-17-14(18-9-12)11-6-4-3-5-7-11/h3-10,13H,16H2,1-2H3,(H,19,20)/t13-/m0/s1. The van der Waals surface area contributed by atoms with Crippen molar-refractivity contribution in [3.8, 4) is 11.4 Å². The Balaban J connectivity index is 2.08. The molecule has 2 aromatic rings. The van der Waals surface area contributed by atoms with E-state index in [1.807, 2.05) is 44.2 Å². The molecule has 0 bridgehead atoms. The number of anilines is 1. The number of amides is 1. The highest BCUT2D eigenvalue weighted by atomic mass is 16.2. The summed E-state index contributed by atoms with van der Waals surface area (Å²) in [6.45, 7) is 3.80. The summed E-state index contributed by atoms with van der Waals surface area (Å²) >= 11 is 0. The predicted octanol–water partition coefficient (Wildman–Crippen LogP) is 2.07. The largest absolute Gasteiger partial charge is 0.322 e. The smallest absolute Gasteiger partial charge is 0.241 e. The Morgan fingerprint density at radius 3 is 2.30 bits per heavy atom. The van der Waals surface area contributed by atoms with Gasteiger partial charge >= 0.3 is 0 Å². The van der Waals surface area contributed by atoms with Crippen LogP contribution in [0, 0.1) is 5.92 Å². The average Bonchev–Trinajstić information content (AvgIpc) is 2.48. The molecule has 1 heterocycles. The highest BCUT2D eigenvalue weighted by Gasteiger charge is 2.17. The molecule has 20 heavy (non-hydrogen) atoms. The zero-order chi connectivity index (χ0) is 14.5. The summed E-state index contributed by atoms with van der Waals surface area (Å²) in [5.74, 6) is 0.479. The third-order valence-corrected chi connectivity index (χ3v) is 2.97. The van der Waals surface area contributed by atoms with Gasteiger partial charge in [-0.1, -0.05) is 44.2 Å². The van der Waals surface area contributed by atoms with Crippen LogP contribution >= 0.6 is 0 Å². The summed E-state index contributed by atoms with van der Waals surface area (Å²) in [6, 6.07) is 9.12. The lowest BCUT2D eigenvalue weighted by Gasteiger charge is -2.15. The number of rotatable bonds is 4. The maximum absolute atomic E-state index is 11.8. The van der Waals surface area contributed by atoms with Gasteiger partial charge in [0, 0.05) is 5.56 Å². The second kappa shape index (κ2) is 6.25. The fourth-order valence-electron chi connectivity index (χ4n) is 1.66. The molecule has 1 amide bonds. The minimum atomic E-state index is -0.538. The Kier molecular flexibility index (Phi) is 4.42. The second-order valence-corrected chi connectivity index (χ2v) is 4.92. The van der Waals surface area contributed by atoms with Crippen molar-refractivity contribution in [1.29, 1.82) is 0 Å². The van der Waals surface area contributed by atoms with Crippen molar-refractivity contribution in [2.45, 2.75) is 19.9 Å². The zero-order valence-corrected chi connectivity index (χ0v) is 11.6. The molecular weight excluding hydrogens is 252 g/mol. The Bertz CT molecular complexity index is 566. The molecule has 0 unspecified atom stereocenters. The summed E-state index contributed by atoms with van der Waals surface area (Å²) in [7, 11) is 0. The summed E-state index contributed by atoms with van der Waals surface area (Å²) < 4.78 is 0. The molecule has 0 radical (unpaired) electrons. The molecule has 2 rings (SSSR count). The predicted molar refractivity (Wildman–Crippen MR) is 78.9 cm³/mol. The SMILES string of the molecule is CC(C)[C@H](N)C(=O)Nc1cnc(-c2ccccc2)nc1. The van der Waals surface area contributed by atoms with Crippen LogP contribution in [0.15, 0.2) is 42.7 Å². The lowest BCUT2D eigenvalue weighted by molar-refractivity contribution is -0.118. The maximum atomic E-state index is 11.8. The molecule has 0 aliphatic heterocycles. The van der Waals surface area contributed by atoms with Crippen molar-refractivity contribution < 1.29 is 4.79 Å². The van der Waals surface area contributed by atoms with Crippen LogP contribution in [0.3, 0.4) is 0 Å². The summed E-state index contributed by atoms with van der Waals surface area (Å²) in [6.07, 6.45) is 3.17. The number of benzene rings is 1. The number of hydrogen-bond acceptors (Lipinski definition) is 4. The molecule has 1 aromatic heterocycles. The van der Waals surface area contributed by atoms with Crippen LogP contribution in [-0.4, -0.2) is 21.9 Å².